The van der Waals surface area contributed by atoms with Gasteiger partial charge in [-0.2, -0.15) is 22.9 Å². The second kappa shape index (κ2) is 4.96. The largest absolute Gasteiger partial charge is 0.504 e. The summed E-state index contributed by atoms with van der Waals surface area (Å²) in [4.78, 5) is 0. The molecule has 0 radical (unpaired) electrons. The Hall–Kier alpha value is -2.36. The summed E-state index contributed by atoms with van der Waals surface area (Å²) in [7, 11) is 0. The van der Waals surface area contributed by atoms with E-state index in [1.165, 1.54) is 18.2 Å². The number of rotatable bonds is 2. The van der Waals surface area contributed by atoms with Crippen molar-refractivity contribution in [1.29, 1.82) is 0 Å². The van der Waals surface area contributed by atoms with Gasteiger partial charge < -0.3 is 10.2 Å². The quantitative estimate of drug-likeness (QED) is 0.451. The first-order valence-corrected chi connectivity index (χ1v) is 5.51. The number of hydrogen-bond donors (Lipinski definition) is 3. The number of aromatic hydroxyl groups is 2. The third-order valence-electron chi connectivity index (χ3n) is 2.26. The molecule has 0 spiro atoms. The Morgan fingerprint density at radius 2 is 2.05 bits per heavy atom. The number of para-hydroxylation sites is 1. The van der Waals surface area contributed by atoms with Crippen LogP contribution in [-0.2, 0) is 6.18 Å². The van der Waals surface area contributed by atoms with E-state index in [9.17, 15) is 23.4 Å². The fraction of sp³-hybridized carbons (Fsp3) is 0.100. The van der Waals surface area contributed by atoms with Gasteiger partial charge in [0.15, 0.2) is 11.5 Å². The first-order valence-electron chi connectivity index (χ1n) is 5.10. The lowest BCUT2D eigenvalue weighted by molar-refractivity contribution is -0.147. The predicted octanol–water partition coefficient (Wildman–Crippen LogP) is 2.25. The van der Waals surface area contributed by atoms with Gasteiger partial charge in [0.05, 0.1) is 6.21 Å². The molecule has 2 rings (SSSR count). The fourth-order valence-corrected chi connectivity index (χ4v) is 1.53. The number of halogens is 3. The zero-order valence-electron chi connectivity index (χ0n) is 9.59. The Labute approximate surface area is 114 Å². The van der Waals surface area contributed by atoms with Crippen LogP contribution in [0, 0.1) is 4.77 Å². The molecule has 106 valence electrons. The molecule has 0 bridgehead atoms. The van der Waals surface area contributed by atoms with Crippen LogP contribution in [0.3, 0.4) is 0 Å². The highest BCUT2D eigenvalue weighted by molar-refractivity contribution is 7.71. The monoisotopic (exact) mass is 304 g/mol. The van der Waals surface area contributed by atoms with Crippen LogP contribution >= 0.6 is 12.2 Å². The van der Waals surface area contributed by atoms with Gasteiger partial charge in [0.2, 0.25) is 4.77 Å². The maximum Gasteiger partial charge on any atom is 0.453 e. The van der Waals surface area contributed by atoms with Gasteiger partial charge in [-0.05, 0) is 24.4 Å². The topological polar surface area (TPSA) is 86.4 Å². The van der Waals surface area contributed by atoms with Crippen LogP contribution in [0.1, 0.15) is 11.4 Å². The molecule has 20 heavy (non-hydrogen) atoms. The van der Waals surface area contributed by atoms with E-state index in [1.807, 2.05) is 5.10 Å². The predicted molar refractivity (Wildman–Crippen MR) is 65.2 cm³/mol. The van der Waals surface area contributed by atoms with Crippen molar-refractivity contribution < 1.29 is 23.4 Å². The molecule has 1 heterocycles. The average molecular weight is 304 g/mol. The molecule has 0 aliphatic carbocycles. The molecule has 0 aliphatic heterocycles. The highest BCUT2D eigenvalue weighted by atomic mass is 32.1. The number of phenolic OH excluding ortho intramolecular Hbond substituents is 2. The molecule has 6 nitrogen and oxygen atoms in total. The first-order chi connectivity index (χ1) is 9.30. The standard InChI is InChI=1S/C10H7F3N4O2S/c11-10(12,13)8-15-16-9(20)17(8)14-4-5-2-1-3-6(18)7(5)19/h1-4,18-19H,(H,16,20)/b14-4+. The van der Waals surface area contributed by atoms with E-state index in [4.69, 9.17) is 0 Å². The lowest BCUT2D eigenvalue weighted by Gasteiger charge is -2.04. The molecule has 0 aliphatic rings. The maximum absolute atomic E-state index is 12.6. The summed E-state index contributed by atoms with van der Waals surface area (Å²) in [6.07, 6.45) is -3.80. The number of nitrogens with one attached hydrogen (secondary N) is 1. The summed E-state index contributed by atoms with van der Waals surface area (Å²) >= 11 is 4.64. The number of hydrogen-bond acceptors (Lipinski definition) is 5. The molecule has 10 heteroatoms. The number of benzene rings is 1. The first kappa shape index (κ1) is 14.1. The zero-order chi connectivity index (χ0) is 14.9. The second-order valence-corrected chi connectivity index (χ2v) is 4.01. The highest BCUT2D eigenvalue weighted by Gasteiger charge is 2.37. The van der Waals surface area contributed by atoms with Gasteiger partial charge in [-0.1, -0.05) is 6.07 Å². The molecular weight excluding hydrogens is 297 g/mol. The van der Waals surface area contributed by atoms with Crippen LogP contribution in [0.4, 0.5) is 13.2 Å². The van der Waals surface area contributed by atoms with Gasteiger partial charge >= 0.3 is 6.18 Å². The Balaban J connectivity index is 2.45. The van der Waals surface area contributed by atoms with Gasteiger partial charge in [-0.15, -0.1) is 5.10 Å². The lowest BCUT2D eigenvalue weighted by atomic mass is 10.2. The molecule has 0 saturated heterocycles. The van der Waals surface area contributed by atoms with Crippen LogP contribution in [0.2, 0.25) is 0 Å². The van der Waals surface area contributed by atoms with E-state index in [1.54, 1.807) is 0 Å². The highest BCUT2D eigenvalue weighted by Crippen LogP contribution is 2.28. The van der Waals surface area contributed by atoms with E-state index >= 15 is 0 Å². The number of nitrogens with zero attached hydrogens (tertiary/aromatic N) is 3. The minimum Gasteiger partial charge on any atom is -0.504 e. The van der Waals surface area contributed by atoms with Gasteiger partial charge in [0, 0.05) is 5.56 Å². The number of H-pyrrole nitrogens is 1. The van der Waals surface area contributed by atoms with Crippen molar-refractivity contribution in [2.24, 2.45) is 5.10 Å². The third kappa shape index (κ3) is 2.64. The Bertz CT molecular complexity index is 720. The van der Waals surface area contributed by atoms with Crippen LogP contribution < -0.4 is 0 Å². The minimum absolute atomic E-state index is 0.0289. The zero-order valence-corrected chi connectivity index (χ0v) is 10.4. The van der Waals surface area contributed by atoms with Gasteiger partial charge in [0.1, 0.15) is 0 Å². The third-order valence-corrected chi connectivity index (χ3v) is 2.53. The van der Waals surface area contributed by atoms with Crippen LogP contribution in [0.5, 0.6) is 11.5 Å². The van der Waals surface area contributed by atoms with E-state index in [0.717, 1.165) is 6.21 Å². The van der Waals surface area contributed by atoms with Crippen molar-refractivity contribution in [2.45, 2.75) is 6.18 Å². The smallest absolute Gasteiger partial charge is 0.453 e. The Morgan fingerprint density at radius 3 is 2.70 bits per heavy atom. The van der Waals surface area contributed by atoms with Crippen LogP contribution in [0.25, 0.3) is 0 Å². The van der Waals surface area contributed by atoms with E-state index < -0.39 is 23.5 Å². The SMILES string of the molecule is Oc1cccc(/C=N/n2c(C(F)(F)F)n[nH]c2=S)c1O. The van der Waals surface area contributed by atoms with Crippen LogP contribution in [0.15, 0.2) is 23.3 Å². The Kier molecular flexibility index (Phi) is 3.49. The molecule has 1 aromatic carbocycles. The maximum atomic E-state index is 12.6. The summed E-state index contributed by atoms with van der Waals surface area (Å²) in [5.41, 5.74) is 0.0289. The minimum atomic E-state index is -4.73. The van der Waals surface area contributed by atoms with Gasteiger partial charge in [-0.3, -0.25) is 0 Å². The molecule has 3 N–H and O–H groups in total. The number of phenols is 2. The van der Waals surface area contributed by atoms with Crippen molar-refractivity contribution in [3.63, 3.8) is 0 Å². The molecule has 0 atom stereocenters. The summed E-state index contributed by atoms with van der Waals surface area (Å²) in [5, 5.41) is 27.3. The Morgan fingerprint density at radius 1 is 1.35 bits per heavy atom. The molecular formula is C10H7F3N4O2S. The molecule has 2 aromatic rings. The van der Waals surface area contributed by atoms with Crippen LogP contribution in [-0.4, -0.2) is 31.3 Å². The summed E-state index contributed by atoms with van der Waals surface area (Å²) in [6, 6.07) is 3.97. The van der Waals surface area contributed by atoms with Gasteiger partial charge in [0.25, 0.3) is 5.82 Å². The van der Waals surface area contributed by atoms with Crippen molar-refractivity contribution >= 4 is 18.4 Å². The summed E-state index contributed by atoms with van der Waals surface area (Å²) in [5.74, 6) is -2.24. The number of aromatic nitrogens is 3. The normalized spacial score (nSPS) is 12.2. The summed E-state index contributed by atoms with van der Waals surface area (Å²) in [6.45, 7) is 0. The van der Waals surface area contributed by atoms with Crippen molar-refractivity contribution in [3.8, 4) is 11.5 Å². The van der Waals surface area contributed by atoms with E-state index in [0.29, 0.717) is 4.68 Å². The van der Waals surface area contributed by atoms with Gasteiger partial charge in [-0.25, -0.2) is 5.10 Å². The molecule has 0 unspecified atom stereocenters. The second-order valence-electron chi connectivity index (χ2n) is 3.62. The van der Waals surface area contributed by atoms with E-state index in [-0.39, 0.29) is 10.3 Å². The average Bonchev–Trinajstić information content (AvgIpc) is 2.72. The van der Waals surface area contributed by atoms with Crippen molar-refractivity contribution in [3.05, 3.63) is 34.4 Å². The number of aromatic amines is 1. The number of alkyl halides is 3. The molecule has 0 amide bonds. The van der Waals surface area contributed by atoms with E-state index in [2.05, 4.69) is 22.4 Å². The fourth-order valence-electron chi connectivity index (χ4n) is 1.36. The molecule has 1 aromatic heterocycles. The van der Waals surface area contributed by atoms with Crippen molar-refractivity contribution in [1.82, 2.24) is 14.9 Å². The molecule has 0 saturated carbocycles. The molecule has 0 fully saturated rings. The lowest BCUT2D eigenvalue weighted by Crippen LogP contribution is -2.12. The summed E-state index contributed by atoms with van der Waals surface area (Å²) < 4.78 is 37.9. The van der Waals surface area contributed by atoms with Crippen molar-refractivity contribution in [2.75, 3.05) is 0 Å².